The van der Waals surface area contributed by atoms with E-state index in [1.807, 2.05) is 18.2 Å². The highest BCUT2D eigenvalue weighted by molar-refractivity contribution is 5.77. The molecule has 65 heavy (non-hydrogen) atoms. The van der Waals surface area contributed by atoms with Crippen LogP contribution < -0.4 is 5.32 Å². The predicted molar refractivity (Wildman–Crippen MR) is 282 cm³/mol. The van der Waals surface area contributed by atoms with Gasteiger partial charge in [-0.1, -0.05) is 254 Å². The van der Waals surface area contributed by atoms with Crippen LogP contribution in [0.2, 0.25) is 0 Å². The number of hydrogen-bond donors (Lipinski definition) is 3. The number of hydrogen-bond acceptors (Lipinski definition) is 5. The molecule has 0 aliphatic rings. The Bertz CT molecular complexity index is 1200. The van der Waals surface area contributed by atoms with E-state index >= 15 is 0 Å². The van der Waals surface area contributed by atoms with E-state index in [1.54, 1.807) is 0 Å². The molecule has 0 rings (SSSR count). The van der Waals surface area contributed by atoms with Crippen LogP contribution in [-0.2, 0) is 14.3 Å². The Labute approximate surface area is 402 Å². The van der Waals surface area contributed by atoms with E-state index in [4.69, 9.17) is 4.74 Å². The molecule has 0 aromatic rings. The highest BCUT2D eigenvalue weighted by Gasteiger charge is 2.24. The molecule has 6 heteroatoms. The molecule has 0 fully saturated rings. The summed E-state index contributed by atoms with van der Waals surface area (Å²) in [4.78, 5) is 26.2. The van der Waals surface area contributed by atoms with E-state index in [-0.39, 0.29) is 24.9 Å². The van der Waals surface area contributed by atoms with Gasteiger partial charge in [-0.2, -0.15) is 0 Å². The van der Waals surface area contributed by atoms with Crippen LogP contribution in [0.3, 0.4) is 0 Å². The molecule has 0 saturated carbocycles. The fourth-order valence-corrected chi connectivity index (χ4v) is 8.20. The second-order valence-corrected chi connectivity index (χ2v) is 18.7. The third kappa shape index (κ3) is 47.6. The van der Waals surface area contributed by atoms with Gasteiger partial charge in [0.25, 0.3) is 0 Å². The first-order valence-electron chi connectivity index (χ1n) is 27.7. The molecule has 376 valence electrons. The molecule has 0 spiro atoms. The maximum absolute atomic E-state index is 13.2. The number of carbonyl (C=O) groups is 2. The minimum absolute atomic E-state index is 0.0479. The van der Waals surface area contributed by atoms with Gasteiger partial charge in [0.05, 0.1) is 25.2 Å². The maximum atomic E-state index is 13.2. The van der Waals surface area contributed by atoms with Gasteiger partial charge in [-0.3, -0.25) is 9.59 Å². The minimum atomic E-state index is -0.802. The van der Waals surface area contributed by atoms with Gasteiger partial charge in [0.15, 0.2) is 0 Å². The molecule has 0 heterocycles. The molecule has 0 radical (unpaired) electrons. The van der Waals surface area contributed by atoms with Crippen molar-refractivity contribution in [2.24, 2.45) is 0 Å². The maximum Gasteiger partial charge on any atom is 0.306 e. The normalized spacial score (nSPS) is 13.7. The summed E-state index contributed by atoms with van der Waals surface area (Å²) in [6, 6.07) is -0.719. The van der Waals surface area contributed by atoms with E-state index in [9.17, 15) is 19.8 Å². The summed E-state index contributed by atoms with van der Waals surface area (Å²) < 4.78 is 5.93. The van der Waals surface area contributed by atoms with Gasteiger partial charge >= 0.3 is 5.97 Å². The molecule has 0 bridgehead atoms. The SMILES string of the molecule is CC/C=C/C=C/C=C/C=C\CCCCCCCC(=O)OC(CCCCC/C=C/C=C/CCCCCCCCC)CC(=O)NC(CO)C(O)CCCCCCCCCCCCCCCCC. The van der Waals surface area contributed by atoms with Gasteiger partial charge in [-0.15, -0.1) is 0 Å². The molecule has 0 aromatic heterocycles. The van der Waals surface area contributed by atoms with Gasteiger partial charge in [0.1, 0.15) is 6.10 Å². The number of rotatable bonds is 49. The first-order chi connectivity index (χ1) is 32.0. The zero-order chi connectivity index (χ0) is 47.4. The molecular weight excluding hydrogens is 803 g/mol. The number of allylic oxidation sites excluding steroid dienone is 12. The van der Waals surface area contributed by atoms with Crippen LogP contribution in [0.1, 0.15) is 265 Å². The molecule has 0 aromatic carbocycles. The summed E-state index contributed by atoms with van der Waals surface area (Å²) in [5.41, 5.74) is 0. The number of unbranched alkanes of at least 4 members (excludes halogenated alkanes) is 29. The standard InChI is InChI=1S/C59H105NO5/c1-4-7-10-13-16-19-22-25-28-31-32-35-38-41-44-47-50-55(65-59(64)52-49-46-43-40-37-34-30-27-24-21-18-15-12-9-6-3)53-58(63)60-56(54-61)57(62)51-48-45-42-39-36-33-29-26-23-20-17-14-11-8-5-2/h9,12,15,18,21,24,27-28,30-32,35,55-57,61-62H,4-8,10-11,13-14,16-17,19-20,22-23,25-26,29,33-34,36-54H2,1-3H3,(H,60,63)/b12-9+,18-15+,24-21+,30-27-,31-28+,35-32+. The number of amides is 1. The van der Waals surface area contributed by atoms with Gasteiger partial charge in [-0.25, -0.2) is 0 Å². The van der Waals surface area contributed by atoms with Crippen molar-refractivity contribution >= 4 is 11.9 Å². The minimum Gasteiger partial charge on any atom is -0.462 e. The molecule has 0 aliphatic heterocycles. The van der Waals surface area contributed by atoms with Crippen molar-refractivity contribution < 1.29 is 24.5 Å². The summed E-state index contributed by atoms with van der Waals surface area (Å²) in [7, 11) is 0. The number of aliphatic hydroxyl groups excluding tert-OH is 2. The lowest BCUT2D eigenvalue weighted by molar-refractivity contribution is -0.151. The van der Waals surface area contributed by atoms with Crippen molar-refractivity contribution in [1.82, 2.24) is 5.32 Å². The van der Waals surface area contributed by atoms with Gasteiger partial charge < -0.3 is 20.3 Å². The van der Waals surface area contributed by atoms with Crippen molar-refractivity contribution in [3.63, 3.8) is 0 Å². The van der Waals surface area contributed by atoms with Gasteiger partial charge in [-0.05, 0) is 70.6 Å². The van der Waals surface area contributed by atoms with Crippen LogP contribution in [0.25, 0.3) is 0 Å². The summed E-state index contributed by atoms with van der Waals surface area (Å²) in [6.45, 7) is 6.34. The van der Waals surface area contributed by atoms with Gasteiger partial charge in [0, 0.05) is 6.42 Å². The second kappa shape index (κ2) is 52.3. The number of esters is 1. The van der Waals surface area contributed by atoms with Crippen LogP contribution in [0, 0.1) is 0 Å². The smallest absolute Gasteiger partial charge is 0.306 e. The number of ether oxygens (including phenoxy) is 1. The fourth-order valence-electron chi connectivity index (χ4n) is 8.20. The Hall–Kier alpha value is -2.70. The fraction of sp³-hybridized carbons (Fsp3) is 0.763. The van der Waals surface area contributed by atoms with E-state index in [2.05, 4.69) is 80.8 Å². The van der Waals surface area contributed by atoms with Gasteiger partial charge in [0.2, 0.25) is 5.91 Å². The van der Waals surface area contributed by atoms with Crippen molar-refractivity contribution in [3.05, 3.63) is 72.9 Å². The van der Waals surface area contributed by atoms with E-state index in [0.29, 0.717) is 19.3 Å². The lowest BCUT2D eigenvalue weighted by Gasteiger charge is -2.24. The zero-order valence-corrected chi connectivity index (χ0v) is 42.9. The Morgan fingerprint density at radius 1 is 0.462 bits per heavy atom. The molecule has 0 saturated heterocycles. The lowest BCUT2D eigenvalue weighted by atomic mass is 10.0. The Morgan fingerprint density at radius 3 is 1.29 bits per heavy atom. The Kier molecular flexibility index (Phi) is 50.1. The molecule has 6 nitrogen and oxygen atoms in total. The monoisotopic (exact) mass is 908 g/mol. The van der Waals surface area contributed by atoms with Crippen molar-refractivity contribution in [2.45, 2.75) is 283 Å². The van der Waals surface area contributed by atoms with Crippen molar-refractivity contribution in [2.75, 3.05) is 6.61 Å². The van der Waals surface area contributed by atoms with Crippen LogP contribution >= 0.6 is 0 Å². The van der Waals surface area contributed by atoms with Crippen LogP contribution in [0.5, 0.6) is 0 Å². The van der Waals surface area contributed by atoms with Crippen LogP contribution in [0.15, 0.2) is 72.9 Å². The quantitative estimate of drug-likeness (QED) is 0.0321. The number of aliphatic hydroxyl groups is 2. The average molecular weight is 908 g/mol. The molecule has 0 aliphatic carbocycles. The Balaban J connectivity index is 4.66. The van der Waals surface area contributed by atoms with Crippen LogP contribution in [-0.4, -0.2) is 46.9 Å². The predicted octanol–water partition coefficient (Wildman–Crippen LogP) is 17.0. The summed E-state index contributed by atoms with van der Waals surface area (Å²) in [5, 5.41) is 23.8. The zero-order valence-electron chi connectivity index (χ0n) is 42.9. The third-order valence-corrected chi connectivity index (χ3v) is 12.4. The topological polar surface area (TPSA) is 95.9 Å². The summed E-state index contributed by atoms with van der Waals surface area (Å²) in [6.07, 6.45) is 66.7. The van der Waals surface area contributed by atoms with Crippen molar-refractivity contribution in [1.29, 1.82) is 0 Å². The summed E-state index contributed by atoms with van der Waals surface area (Å²) >= 11 is 0. The van der Waals surface area contributed by atoms with Crippen LogP contribution in [0.4, 0.5) is 0 Å². The number of nitrogens with one attached hydrogen (secondary N) is 1. The summed E-state index contributed by atoms with van der Waals surface area (Å²) in [5.74, 6) is -0.524. The highest BCUT2D eigenvalue weighted by Crippen LogP contribution is 2.18. The molecule has 1 amide bonds. The third-order valence-electron chi connectivity index (χ3n) is 12.4. The Morgan fingerprint density at radius 2 is 0.831 bits per heavy atom. The molecule has 3 unspecified atom stereocenters. The largest absolute Gasteiger partial charge is 0.462 e. The molecular formula is C59H105NO5. The number of carbonyl (C=O) groups excluding carboxylic acids is 2. The van der Waals surface area contributed by atoms with E-state index in [1.165, 1.54) is 122 Å². The molecule has 3 N–H and O–H groups in total. The second-order valence-electron chi connectivity index (χ2n) is 18.7. The lowest BCUT2D eigenvalue weighted by Crippen LogP contribution is -2.46. The first kappa shape index (κ1) is 62.3. The van der Waals surface area contributed by atoms with Crippen molar-refractivity contribution in [3.8, 4) is 0 Å². The average Bonchev–Trinajstić information content (AvgIpc) is 3.30. The van der Waals surface area contributed by atoms with E-state index < -0.39 is 18.2 Å². The first-order valence-corrected chi connectivity index (χ1v) is 27.7. The molecule has 3 atom stereocenters. The highest BCUT2D eigenvalue weighted by atomic mass is 16.5. The van der Waals surface area contributed by atoms with E-state index in [0.717, 1.165) is 96.3 Å².